The topological polar surface area (TPSA) is 160 Å². The zero-order chi connectivity index (χ0) is 29.0. The molecule has 1 unspecified atom stereocenters. The number of non-ortho nitro benzene ring substituents is 1. The maximum absolute atomic E-state index is 11.8. The van der Waals surface area contributed by atoms with Gasteiger partial charge < -0.3 is 14.3 Å². The maximum atomic E-state index is 11.8. The van der Waals surface area contributed by atoms with Gasteiger partial charge in [-0.05, 0) is 47.6 Å². The van der Waals surface area contributed by atoms with E-state index in [0.29, 0.717) is 43.1 Å². The third-order valence-corrected chi connectivity index (χ3v) is 6.51. The van der Waals surface area contributed by atoms with Crippen LogP contribution < -0.4 is 14.3 Å². The molecule has 0 amide bonds. The normalized spacial score (nSPS) is 14.8. The van der Waals surface area contributed by atoms with E-state index in [1.165, 1.54) is 5.06 Å². The molecule has 0 spiro atoms. The third kappa shape index (κ3) is 6.10. The maximum Gasteiger partial charge on any atom is 0.327 e. The average molecular weight is 553 g/mol. The third-order valence-electron chi connectivity index (χ3n) is 6.51. The number of nitrogens with zero attached hydrogens (tertiary/aromatic N) is 4. The predicted molar refractivity (Wildman–Crippen MR) is 143 cm³/mol. The minimum absolute atomic E-state index is 0.152. The molecule has 0 N–H and O–H groups in total. The number of benzene rings is 3. The van der Waals surface area contributed by atoms with E-state index in [1.54, 1.807) is 7.11 Å². The van der Waals surface area contributed by atoms with Crippen molar-refractivity contribution in [2.75, 3.05) is 13.7 Å². The highest BCUT2D eigenvalue weighted by atomic mass is 16.7. The lowest BCUT2D eigenvalue weighted by atomic mass is 9.88. The summed E-state index contributed by atoms with van der Waals surface area (Å²) in [7, 11) is 1.55. The minimum atomic E-state index is -0.926. The van der Waals surface area contributed by atoms with Crippen LogP contribution in [0, 0.1) is 36.3 Å². The quantitative estimate of drug-likeness (QED) is 0.206. The number of hydrogen-bond acceptors (Lipinski definition) is 10. The van der Waals surface area contributed by atoms with Gasteiger partial charge in [-0.1, -0.05) is 44.2 Å². The number of rotatable bonds is 11. The zero-order valence-electron chi connectivity index (χ0n) is 22.1. The van der Waals surface area contributed by atoms with Crippen LogP contribution in [0.3, 0.4) is 0 Å². The lowest BCUT2D eigenvalue weighted by Gasteiger charge is -2.37. The van der Waals surface area contributed by atoms with Gasteiger partial charge in [0.2, 0.25) is 0 Å². The first kappa shape index (κ1) is 28.2. The van der Waals surface area contributed by atoms with Gasteiger partial charge in [0.05, 0.1) is 40.1 Å². The van der Waals surface area contributed by atoms with Crippen LogP contribution >= 0.6 is 0 Å². The molecule has 0 bridgehead atoms. The van der Waals surface area contributed by atoms with Crippen LogP contribution in [0.5, 0.6) is 17.2 Å². The van der Waals surface area contributed by atoms with Crippen molar-refractivity contribution in [1.82, 2.24) is 5.06 Å². The van der Waals surface area contributed by atoms with Gasteiger partial charge in [0.1, 0.15) is 6.61 Å². The zero-order valence-corrected chi connectivity index (χ0v) is 22.1. The van der Waals surface area contributed by atoms with Crippen LogP contribution in [0.2, 0.25) is 0 Å². The Bertz CT molecular complexity index is 1390. The first-order valence-electron chi connectivity index (χ1n) is 12.5. The van der Waals surface area contributed by atoms with E-state index in [0.717, 1.165) is 16.7 Å². The number of nitro groups is 3. The van der Waals surface area contributed by atoms with Crippen LogP contribution in [-0.2, 0) is 13.0 Å². The summed E-state index contributed by atoms with van der Waals surface area (Å²) in [5.41, 5.74) is 0.246. The highest BCUT2D eigenvalue weighted by Gasteiger charge is 2.38. The van der Waals surface area contributed by atoms with Crippen LogP contribution in [0.1, 0.15) is 43.0 Å². The van der Waals surface area contributed by atoms with E-state index in [4.69, 9.17) is 14.3 Å². The summed E-state index contributed by atoms with van der Waals surface area (Å²) in [6.45, 7) is 4.55. The average Bonchev–Trinajstić information content (AvgIpc) is 2.92. The smallest absolute Gasteiger partial charge is 0.327 e. The van der Waals surface area contributed by atoms with Crippen molar-refractivity contribution in [2.45, 2.75) is 39.3 Å². The molecule has 210 valence electrons. The second-order valence-corrected chi connectivity index (χ2v) is 9.69. The molecular weight excluding hydrogens is 524 g/mol. The number of methoxy groups -OCH3 is 1. The van der Waals surface area contributed by atoms with Crippen molar-refractivity contribution < 1.29 is 29.1 Å². The summed E-state index contributed by atoms with van der Waals surface area (Å²) in [4.78, 5) is 38.0. The molecule has 13 nitrogen and oxygen atoms in total. The highest BCUT2D eigenvalue weighted by molar-refractivity contribution is 5.65. The fraction of sp³-hybridized carbons (Fsp3) is 0.333. The fourth-order valence-corrected chi connectivity index (χ4v) is 4.67. The monoisotopic (exact) mass is 552 g/mol. The molecule has 1 aliphatic heterocycles. The van der Waals surface area contributed by atoms with E-state index in [-0.39, 0.29) is 12.5 Å². The van der Waals surface area contributed by atoms with Crippen LogP contribution in [0.15, 0.2) is 54.6 Å². The second-order valence-electron chi connectivity index (χ2n) is 9.69. The molecule has 1 atom stereocenters. The van der Waals surface area contributed by atoms with Gasteiger partial charge in [-0.2, -0.15) is 0 Å². The van der Waals surface area contributed by atoms with Gasteiger partial charge in [-0.15, -0.1) is 5.06 Å². The lowest BCUT2D eigenvalue weighted by molar-refractivity contribution is -0.406. The molecule has 40 heavy (non-hydrogen) atoms. The molecule has 0 radical (unpaired) electrons. The standard InChI is InChI=1S/C27H28N4O9/c1-17(2)11-22-21-15-26(39-16-18-7-5-4-6-8-18)25(38-3)12-19(21)9-10-28(22)40-27-23(30(34)35)13-20(29(32)33)14-24(27)31(36)37/h4-8,12-15,17,22H,9-11,16H2,1-3H3. The Hall–Kier alpha value is -4.78. The van der Waals surface area contributed by atoms with Gasteiger partial charge in [-0.3, -0.25) is 30.3 Å². The Kier molecular flexibility index (Phi) is 8.43. The van der Waals surface area contributed by atoms with Crippen molar-refractivity contribution in [3.8, 4) is 17.2 Å². The molecule has 0 fully saturated rings. The number of hydrogen-bond donors (Lipinski definition) is 0. The van der Waals surface area contributed by atoms with Crippen LogP contribution in [-0.4, -0.2) is 33.5 Å². The van der Waals surface area contributed by atoms with Gasteiger partial charge >= 0.3 is 17.1 Å². The lowest BCUT2D eigenvalue weighted by Crippen LogP contribution is -2.39. The van der Waals surface area contributed by atoms with E-state index in [2.05, 4.69) is 0 Å². The first-order valence-corrected chi connectivity index (χ1v) is 12.5. The summed E-state index contributed by atoms with van der Waals surface area (Å²) in [5, 5.41) is 36.4. The summed E-state index contributed by atoms with van der Waals surface area (Å²) in [6, 6.07) is 14.2. The molecule has 13 heteroatoms. The Labute approximate surface area is 229 Å². The summed E-state index contributed by atoms with van der Waals surface area (Å²) in [5.74, 6) is 0.536. The van der Waals surface area contributed by atoms with Crippen molar-refractivity contribution in [2.24, 2.45) is 5.92 Å². The van der Waals surface area contributed by atoms with E-state index in [9.17, 15) is 30.3 Å². The summed E-state index contributed by atoms with van der Waals surface area (Å²) >= 11 is 0. The number of hydroxylamine groups is 2. The van der Waals surface area contributed by atoms with Gasteiger partial charge in [0, 0.05) is 6.54 Å². The van der Waals surface area contributed by atoms with E-state index < -0.39 is 43.6 Å². The first-order chi connectivity index (χ1) is 19.1. The van der Waals surface area contributed by atoms with Crippen LogP contribution in [0.4, 0.5) is 17.1 Å². The molecule has 0 saturated carbocycles. The van der Waals surface area contributed by atoms with Crippen molar-refractivity contribution in [1.29, 1.82) is 0 Å². The molecule has 1 heterocycles. The highest BCUT2D eigenvalue weighted by Crippen LogP contribution is 2.45. The minimum Gasteiger partial charge on any atom is -0.493 e. The fourth-order valence-electron chi connectivity index (χ4n) is 4.67. The largest absolute Gasteiger partial charge is 0.493 e. The Morgan fingerprint density at radius 2 is 1.57 bits per heavy atom. The molecule has 0 saturated heterocycles. The Morgan fingerprint density at radius 1 is 0.925 bits per heavy atom. The van der Waals surface area contributed by atoms with Crippen LogP contribution in [0.25, 0.3) is 0 Å². The van der Waals surface area contributed by atoms with Crippen molar-refractivity contribution in [3.63, 3.8) is 0 Å². The van der Waals surface area contributed by atoms with Crippen molar-refractivity contribution >= 4 is 17.1 Å². The van der Waals surface area contributed by atoms with Gasteiger partial charge in [-0.25, -0.2) is 0 Å². The Morgan fingerprint density at radius 3 is 2.12 bits per heavy atom. The van der Waals surface area contributed by atoms with Gasteiger partial charge in [0.15, 0.2) is 11.5 Å². The molecule has 0 aliphatic carbocycles. The van der Waals surface area contributed by atoms with E-state index in [1.807, 2.05) is 56.3 Å². The Balaban J connectivity index is 1.75. The SMILES string of the molecule is COc1cc2c(cc1OCc1ccccc1)C(CC(C)C)N(Oc1c([N+](=O)[O-])cc([N+](=O)[O-])cc1[N+](=O)[O-])CC2. The molecule has 1 aliphatic rings. The summed E-state index contributed by atoms with van der Waals surface area (Å²) in [6.07, 6.45) is 1.000. The molecule has 4 rings (SSSR count). The number of nitro benzene ring substituents is 3. The number of fused-ring (bicyclic) bond motifs is 1. The number of ether oxygens (including phenoxy) is 2. The summed E-state index contributed by atoms with van der Waals surface area (Å²) < 4.78 is 11.7. The predicted octanol–water partition coefficient (Wildman–Crippen LogP) is 5.94. The second kappa shape index (κ2) is 11.9. The van der Waals surface area contributed by atoms with Crippen molar-refractivity contribution in [3.05, 3.63) is 102 Å². The molecule has 0 aromatic heterocycles. The van der Waals surface area contributed by atoms with Gasteiger partial charge in [0.25, 0.3) is 5.69 Å². The molecule has 3 aromatic carbocycles. The molecule has 3 aromatic rings. The van der Waals surface area contributed by atoms with E-state index >= 15 is 0 Å². The molecular formula is C27H28N4O9.